The van der Waals surface area contributed by atoms with Gasteiger partial charge in [-0.15, -0.1) is 0 Å². The molecule has 2 heterocycles. The van der Waals surface area contributed by atoms with Crippen LogP contribution in [0.4, 0.5) is 5.82 Å². The second-order valence-electron chi connectivity index (χ2n) is 6.93. The van der Waals surface area contributed by atoms with Crippen LogP contribution in [0, 0.1) is 0 Å². The van der Waals surface area contributed by atoms with Crippen LogP contribution in [0.15, 0.2) is 54.7 Å². The summed E-state index contributed by atoms with van der Waals surface area (Å²) in [5.74, 6) is 2.60. The molecule has 5 nitrogen and oxygen atoms in total. The van der Waals surface area contributed by atoms with Crippen molar-refractivity contribution in [3.63, 3.8) is 0 Å². The van der Waals surface area contributed by atoms with Gasteiger partial charge < -0.3 is 14.4 Å². The fourth-order valence-electron chi connectivity index (χ4n) is 3.57. The Kier molecular flexibility index (Phi) is 5.42. The van der Waals surface area contributed by atoms with E-state index >= 15 is 0 Å². The van der Waals surface area contributed by atoms with Gasteiger partial charge in [0, 0.05) is 24.2 Å². The lowest BCUT2D eigenvalue weighted by Gasteiger charge is -2.28. The SMILES string of the molecule is COc1ccc(-c2ncc(N3CCCCC3)nc2-c2ccc(OC)cc2)cc1. The van der Waals surface area contributed by atoms with Crippen molar-refractivity contribution in [2.45, 2.75) is 19.3 Å². The number of piperidine rings is 1. The summed E-state index contributed by atoms with van der Waals surface area (Å²) in [5, 5.41) is 0. The van der Waals surface area contributed by atoms with Crippen molar-refractivity contribution >= 4 is 5.82 Å². The average molecular weight is 375 g/mol. The molecule has 28 heavy (non-hydrogen) atoms. The van der Waals surface area contributed by atoms with Crippen LogP contribution in [-0.2, 0) is 0 Å². The molecule has 1 aliphatic heterocycles. The van der Waals surface area contributed by atoms with Gasteiger partial charge in [-0.2, -0.15) is 0 Å². The van der Waals surface area contributed by atoms with Crippen LogP contribution >= 0.6 is 0 Å². The van der Waals surface area contributed by atoms with Gasteiger partial charge >= 0.3 is 0 Å². The summed E-state index contributed by atoms with van der Waals surface area (Å²) in [4.78, 5) is 12.2. The summed E-state index contributed by atoms with van der Waals surface area (Å²) in [7, 11) is 3.35. The Balaban J connectivity index is 1.78. The Morgan fingerprint density at radius 3 is 1.79 bits per heavy atom. The number of benzene rings is 2. The zero-order chi connectivity index (χ0) is 19.3. The topological polar surface area (TPSA) is 47.5 Å². The van der Waals surface area contributed by atoms with E-state index in [1.54, 1.807) is 14.2 Å². The number of hydrogen-bond donors (Lipinski definition) is 0. The van der Waals surface area contributed by atoms with Crippen LogP contribution in [0.25, 0.3) is 22.5 Å². The molecule has 0 saturated carbocycles. The van der Waals surface area contributed by atoms with Crippen LogP contribution in [-0.4, -0.2) is 37.3 Å². The first-order chi connectivity index (χ1) is 13.8. The highest BCUT2D eigenvalue weighted by Crippen LogP contribution is 2.33. The molecule has 5 heteroatoms. The molecular formula is C23H25N3O2. The Hall–Kier alpha value is -3.08. The molecule has 0 aliphatic carbocycles. The van der Waals surface area contributed by atoms with Gasteiger partial charge in [-0.05, 0) is 67.8 Å². The highest BCUT2D eigenvalue weighted by atomic mass is 16.5. The minimum atomic E-state index is 0.827. The van der Waals surface area contributed by atoms with E-state index < -0.39 is 0 Å². The Bertz CT molecular complexity index is 918. The molecular weight excluding hydrogens is 350 g/mol. The van der Waals surface area contributed by atoms with E-state index in [9.17, 15) is 0 Å². The number of nitrogens with zero attached hydrogens (tertiary/aromatic N) is 3. The highest BCUT2D eigenvalue weighted by molar-refractivity contribution is 5.79. The molecule has 1 saturated heterocycles. The first kappa shape index (κ1) is 18.3. The van der Waals surface area contributed by atoms with Crippen LogP contribution in [0.2, 0.25) is 0 Å². The maximum Gasteiger partial charge on any atom is 0.147 e. The summed E-state index contributed by atoms with van der Waals surface area (Å²) < 4.78 is 10.6. The van der Waals surface area contributed by atoms with Gasteiger partial charge in [-0.1, -0.05) is 0 Å². The first-order valence-corrected chi connectivity index (χ1v) is 9.69. The number of anilines is 1. The number of rotatable bonds is 5. The van der Waals surface area contributed by atoms with Gasteiger partial charge in [-0.25, -0.2) is 4.98 Å². The predicted octanol–water partition coefficient (Wildman–Crippen LogP) is 4.82. The fourth-order valence-corrected chi connectivity index (χ4v) is 3.57. The number of hydrogen-bond acceptors (Lipinski definition) is 5. The van der Waals surface area contributed by atoms with E-state index in [1.165, 1.54) is 19.3 Å². The second-order valence-corrected chi connectivity index (χ2v) is 6.93. The monoisotopic (exact) mass is 375 g/mol. The van der Waals surface area contributed by atoms with Gasteiger partial charge in [0.2, 0.25) is 0 Å². The summed E-state index contributed by atoms with van der Waals surface area (Å²) in [6.45, 7) is 2.08. The van der Waals surface area contributed by atoms with Crippen LogP contribution in [0.3, 0.4) is 0 Å². The minimum Gasteiger partial charge on any atom is -0.497 e. The normalized spacial score (nSPS) is 14.0. The maximum atomic E-state index is 5.31. The summed E-state index contributed by atoms with van der Waals surface area (Å²) in [6, 6.07) is 15.9. The van der Waals surface area contributed by atoms with Crippen molar-refractivity contribution in [1.29, 1.82) is 0 Å². The quantitative estimate of drug-likeness (QED) is 0.640. The number of methoxy groups -OCH3 is 2. The van der Waals surface area contributed by atoms with Gasteiger partial charge in [0.05, 0.1) is 31.8 Å². The van der Waals surface area contributed by atoms with Crippen molar-refractivity contribution in [3.8, 4) is 34.0 Å². The molecule has 0 spiro atoms. The predicted molar refractivity (Wildman–Crippen MR) is 112 cm³/mol. The summed E-state index contributed by atoms with van der Waals surface area (Å²) >= 11 is 0. The first-order valence-electron chi connectivity index (χ1n) is 9.69. The maximum absolute atomic E-state index is 5.31. The van der Waals surface area contributed by atoms with Gasteiger partial charge in [0.15, 0.2) is 0 Å². The number of aromatic nitrogens is 2. The lowest BCUT2D eigenvalue weighted by Crippen LogP contribution is -2.30. The zero-order valence-electron chi connectivity index (χ0n) is 16.4. The molecule has 0 radical (unpaired) electrons. The third-order valence-corrected chi connectivity index (χ3v) is 5.17. The fraction of sp³-hybridized carbons (Fsp3) is 0.304. The smallest absolute Gasteiger partial charge is 0.147 e. The van der Waals surface area contributed by atoms with Gasteiger partial charge in [0.1, 0.15) is 17.3 Å². The Labute approximate surface area is 166 Å². The summed E-state index contributed by atoms with van der Waals surface area (Å²) in [6.07, 6.45) is 5.61. The lowest BCUT2D eigenvalue weighted by molar-refractivity contribution is 0.414. The molecule has 0 bridgehead atoms. The molecule has 0 amide bonds. The van der Waals surface area contributed by atoms with Crippen molar-refractivity contribution in [1.82, 2.24) is 9.97 Å². The Morgan fingerprint density at radius 2 is 1.25 bits per heavy atom. The average Bonchev–Trinajstić information content (AvgIpc) is 2.79. The largest absolute Gasteiger partial charge is 0.497 e. The van der Waals surface area contributed by atoms with Crippen molar-refractivity contribution in [3.05, 3.63) is 54.7 Å². The van der Waals surface area contributed by atoms with E-state index in [4.69, 9.17) is 19.4 Å². The lowest BCUT2D eigenvalue weighted by atomic mass is 10.0. The summed E-state index contributed by atoms with van der Waals surface area (Å²) in [5.41, 5.74) is 3.80. The molecule has 0 unspecified atom stereocenters. The van der Waals surface area contributed by atoms with E-state index in [0.29, 0.717) is 0 Å². The molecule has 144 valence electrons. The second kappa shape index (κ2) is 8.30. The minimum absolute atomic E-state index is 0.827. The van der Waals surface area contributed by atoms with E-state index in [2.05, 4.69) is 4.90 Å². The van der Waals surface area contributed by atoms with Crippen LogP contribution in [0.5, 0.6) is 11.5 Å². The molecule has 0 N–H and O–H groups in total. The van der Waals surface area contributed by atoms with Crippen molar-refractivity contribution in [2.75, 3.05) is 32.2 Å². The van der Waals surface area contributed by atoms with Crippen molar-refractivity contribution in [2.24, 2.45) is 0 Å². The molecule has 2 aromatic carbocycles. The molecule has 3 aromatic rings. The zero-order valence-corrected chi connectivity index (χ0v) is 16.4. The standard InChI is InChI=1S/C23H25N3O2/c1-27-19-10-6-17(7-11-19)22-23(18-8-12-20(28-2)13-9-18)25-21(16-24-22)26-14-4-3-5-15-26/h6-13,16H,3-5,14-15H2,1-2H3. The van der Waals surface area contributed by atoms with E-state index in [0.717, 1.165) is 52.9 Å². The third kappa shape index (κ3) is 3.79. The molecule has 0 atom stereocenters. The van der Waals surface area contributed by atoms with Crippen LogP contribution in [0.1, 0.15) is 19.3 Å². The molecule has 1 aromatic heterocycles. The third-order valence-electron chi connectivity index (χ3n) is 5.17. The van der Waals surface area contributed by atoms with E-state index in [1.807, 2.05) is 54.7 Å². The number of ether oxygens (including phenoxy) is 2. The van der Waals surface area contributed by atoms with Gasteiger partial charge in [-0.3, -0.25) is 4.98 Å². The Morgan fingerprint density at radius 1 is 0.714 bits per heavy atom. The van der Waals surface area contributed by atoms with Crippen LogP contribution < -0.4 is 14.4 Å². The van der Waals surface area contributed by atoms with Crippen molar-refractivity contribution < 1.29 is 9.47 Å². The molecule has 1 aliphatic rings. The highest BCUT2D eigenvalue weighted by Gasteiger charge is 2.17. The van der Waals surface area contributed by atoms with Gasteiger partial charge in [0.25, 0.3) is 0 Å². The molecule has 1 fully saturated rings. The molecule has 4 rings (SSSR count). The van der Waals surface area contributed by atoms with E-state index in [-0.39, 0.29) is 0 Å².